The van der Waals surface area contributed by atoms with Gasteiger partial charge in [-0.3, -0.25) is 4.90 Å². The molecule has 0 spiro atoms. The second kappa shape index (κ2) is 10.9. The summed E-state index contributed by atoms with van der Waals surface area (Å²) >= 11 is 1.66. The van der Waals surface area contributed by atoms with Crippen LogP contribution in [-0.2, 0) is 0 Å². The van der Waals surface area contributed by atoms with Crippen LogP contribution in [0.25, 0.3) is 21.3 Å². The molecule has 2 N–H and O–H groups in total. The molecule has 1 fully saturated rings. The summed E-state index contributed by atoms with van der Waals surface area (Å²) in [6, 6.07) is 22.4. The minimum absolute atomic E-state index is 0.0405. The van der Waals surface area contributed by atoms with E-state index in [1.165, 1.54) is 0 Å². The van der Waals surface area contributed by atoms with Gasteiger partial charge in [-0.1, -0.05) is 24.3 Å². The molecule has 2 aliphatic heterocycles. The average molecular weight is 559 g/mol. The first kappa shape index (κ1) is 26.9. The normalized spacial score (nSPS) is 19.2. The van der Waals surface area contributed by atoms with Crippen molar-refractivity contribution in [2.75, 3.05) is 39.3 Å². The van der Waals surface area contributed by atoms with Gasteiger partial charge >= 0.3 is 6.03 Å². The average Bonchev–Trinajstić information content (AvgIpc) is 3.48. The molecule has 208 valence electrons. The molecule has 40 heavy (non-hydrogen) atoms. The van der Waals surface area contributed by atoms with Crippen molar-refractivity contribution >= 4 is 39.0 Å². The Bertz CT molecular complexity index is 1490. The van der Waals surface area contributed by atoms with Gasteiger partial charge in [0.1, 0.15) is 18.5 Å². The van der Waals surface area contributed by atoms with Gasteiger partial charge in [-0.25, -0.2) is 20.2 Å². The number of hydrazine groups is 1. The largest absolute Gasteiger partial charge is 0.491 e. The van der Waals surface area contributed by atoms with Crippen LogP contribution in [-0.4, -0.2) is 77.5 Å². The lowest BCUT2D eigenvalue weighted by atomic mass is 10.1. The lowest BCUT2D eigenvalue weighted by Gasteiger charge is -2.41. The first-order chi connectivity index (χ1) is 19.4. The second-order valence-electron chi connectivity index (χ2n) is 10.7. The van der Waals surface area contributed by atoms with Gasteiger partial charge in [0.25, 0.3) is 0 Å². The molecule has 6 rings (SSSR count). The molecule has 9 heteroatoms. The number of ether oxygens (including phenoxy) is 1. The molecule has 8 nitrogen and oxygen atoms in total. The molecule has 0 unspecified atom stereocenters. The number of piperazine rings is 1. The van der Waals surface area contributed by atoms with Gasteiger partial charge in [-0.15, -0.1) is 11.3 Å². The Morgan fingerprint density at radius 3 is 2.50 bits per heavy atom. The summed E-state index contributed by atoms with van der Waals surface area (Å²) in [6.45, 7) is 9.63. The van der Waals surface area contributed by atoms with Crippen molar-refractivity contribution in [1.82, 2.24) is 24.8 Å². The van der Waals surface area contributed by atoms with Crippen LogP contribution in [0.4, 0.5) is 16.2 Å². The van der Waals surface area contributed by atoms with Crippen molar-refractivity contribution in [1.29, 1.82) is 0 Å². The highest BCUT2D eigenvalue weighted by Gasteiger charge is 2.49. The Morgan fingerprint density at radius 2 is 1.82 bits per heavy atom. The third kappa shape index (κ3) is 4.78. The Balaban J connectivity index is 1.07. The number of quaternary nitrogens is 1. The highest BCUT2D eigenvalue weighted by molar-refractivity contribution is 7.18. The SMILES string of the molecule is CC[N+]1(C(=O)NN2CCN(C[C@@H](O)COc3ccc4sc(C)nc4c3)[C@@H](C)C2)c2ccccc2-c2ccccc21. The zero-order chi connectivity index (χ0) is 27.9. The number of nitrogens with zero attached hydrogens (tertiary/aromatic N) is 4. The lowest BCUT2D eigenvalue weighted by molar-refractivity contribution is 0.0104. The molecular weight excluding hydrogens is 522 g/mol. The number of thiazole rings is 1. The second-order valence-corrected chi connectivity index (χ2v) is 11.9. The molecule has 0 aliphatic carbocycles. The Morgan fingerprint density at radius 1 is 1.12 bits per heavy atom. The molecule has 3 aromatic carbocycles. The van der Waals surface area contributed by atoms with Crippen LogP contribution in [0.2, 0.25) is 0 Å². The van der Waals surface area contributed by atoms with Gasteiger partial charge < -0.3 is 9.84 Å². The summed E-state index contributed by atoms with van der Waals surface area (Å²) in [5.74, 6) is 0.718. The summed E-state index contributed by atoms with van der Waals surface area (Å²) in [5, 5.41) is 13.8. The molecule has 2 atom stereocenters. The first-order valence-electron chi connectivity index (χ1n) is 13.9. The number of para-hydroxylation sites is 2. The standard InChI is InChI=1S/C31H35N5O3S/c1-4-36(28-11-7-5-9-25(28)26-10-6-8-12-29(26)36)31(38)33-35-16-15-34(21(2)18-35)19-23(37)20-39-24-13-14-30-27(17-24)32-22(3)40-30/h5-14,17,21,23,37H,4,15-16,18-20H2,1-3H3/p+1/t21-,23+/m0/s1. The summed E-state index contributed by atoms with van der Waals surface area (Å²) in [5.41, 5.74) is 8.44. The Labute approximate surface area is 239 Å². The molecular formula is C31H36N5O3S+. The fraction of sp³-hybridized carbons (Fsp3) is 0.355. The van der Waals surface area contributed by atoms with E-state index in [-0.39, 0.29) is 23.2 Å². The van der Waals surface area contributed by atoms with Crippen molar-refractivity contribution in [3.05, 3.63) is 71.7 Å². The number of aliphatic hydroxyl groups is 1. The first-order valence-corrected chi connectivity index (χ1v) is 14.8. The number of hydrogen-bond acceptors (Lipinski definition) is 7. The molecule has 0 saturated carbocycles. The topological polar surface area (TPSA) is 77.9 Å². The minimum Gasteiger partial charge on any atom is -0.491 e. The predicted molar refractivity (Wildman–Crippen MR) is 161 cm³/mol. The maximum absolute atomic E-state index is 14.0. The van der Waals surface area contributed by atoms with E-state index in [4.69, 9.17) is 4.74 Å². The molecule has 0 radical (unpaired) electrons. The van der Waals surface area contributed by atoms with E-state index in [1.807, 2.05) is 54.4 Å². The van der Waals surface area contributed by atoms with Gasteiger partial charge in [0.05, 0.1) is 21.8 Å². The van der Waals surface area contributed by atoms with Crippen molar-refractivity contribution in [3.63, 3.8) is 0 Å². The van der Waals surface area contributed by atoms with Crippen molar-refractivity contribution in [2.24, 2.45) is 0 Å². The quantitative estimate of drug-likeness (QED) is 0.299. The summed E-state index contributed by atoms with van der Waals surface area (Å²) in [4.78, 5) is 20.8. The third-order valence-electron chi connectivity index (χ3n) is 8.11. The van der Waals surface area contributed by atoms with Crippen LogP contribution in [0.1, 0.15) is 18.9 Å². The molecule has 2 amide bonds. The van der Waals surface area contributed by atoms with E-state index in [0.29, 0.717) is 26.2 Å². The zero-order valence-corrected chi connectivity index (χ0v) is 24.0. The number of aryl methyl sites for hydroxylation is 1. The van der Waals surface area contributed by atoms with E-state index in [2.05, 4.69) is 53.4 Å². The molecule has 3 heterocycles. The van der Waals surface area contributed by atoms with Crippen LogP contribution in [0.15, 0.2) is 66.7 Å². The van der Waals surface area contributed by atoms with E-state index in [1.54, 1.807) is 11.3 Å². The number of benzene rings is 3. The maximum atomic E-state index is 14.0. The van der Waals surface area contributed by atoms with Gasteiger partial charge in [0.2, 0.25) is 0 Å². The number of aromatic nitrogens is 1. The number of amides is 2. The number of carbonyl (C=O) groups excluding carboxylic acids is 1. The smallest absolute Gasteiger partial charge is 0.441 e. The van der Waals surface area contributed by atoms with Gasteiger partial charge in [-0.2, -0.15) is 4.48 Å². The maximum Gasteiger partial charge on any atom is 0.441 e. The third-order valence-corrected chi connectivity index (χ3v) is 9.07. The Kier molecular flexibility index (Phi) is 7.33. The van der Waals surface area contributed by atoms with Crippen LogP contribution in [0.3, 0.4) is 0 Å². The summed E-state index contributed by atoms with van der Waals surface area (Å²) in [6.07, 6.45) is -0.622. The van der Waals surface area contributed by atoms with E-state index in [9.17, 15) is 9.90 Å². The van der Waals surface area contributed by atoms with E-state index in [0.717, 1.165) is 50.0 Å². The van der Waals surface area contributed by atoms with Crippen LogP contribution in [0, 0.1) is 6.92 Å². The number of β-amino-alcohol motifs (C(OH)–C–C–N with tert-alkyl or cyclic N) is 1. The van der Waals surface area contributed by atoms with Crippen LogP contribution in [0.5, 0.6) is 5.75 Å². The number of urea groups is 1. The van der Waals surface area contributed by atoms with Crippen molar-refractivity contribution in [2.45, 2.75) is 32.9 Å². The number of fused-ring (bicyclic) bond motifs is 4. The molecule has 0 bridgehead atoms. The van der Waals surface area contributed by atoms with Crippen molar-refractivity contribution in [3.8, 4) is 16.9 Å². The van der Waals surface area contributed by atoms with Gasteiger partial charge in [0, 0.05) is 61.5 Å². The Hall–Kier alpha value is -3.34. The monoisotopic (exact) mass is 558 g/mol. The number of carbonyl (C=O) groups is 1. The molecule has 4 aromatic rings. The summed E-state index contributed by atoms with van der Waals surface area (Å²) in [7, 11) is 0. The van der Waals surface area contributed by atoms with Crippen molar-refractivity contribution < 1.29 is 14.6 Å². The number of hydrogen-bond donors (Lipinski definition) is 2. The highest BCUT2D eigenvalue weighted by atomic mass is 32.1. The number of rotatable bonds is 7. The van der Waals surface area contributed by atoms with E-state index < -0.39 is 6.10 Å². The lowest BCUT2D eigenvalue weighted by Crippen LogP contribution is -2.63. The van der Waals surface area contributed by atoms with Gasteiger partial charge in [-0.05, 0) is 45.0 Å². The molecule has 2 aliphatic rings. The summed E-state index contributed by atoms with van der Waals surface area (Å²) < 4.78 is 7.18. The minimum atomic E-state index is -0.622. The fourth-order valence-electron chi connectivity index (χ4n) is 6.12. The zero-order valence-electron chi connectivity index (χ0n) is 23.2. The molecule has 1 aromatic heterocycles. The van der Waals surface area contributed by atoms with Gasteiger partial charge in [0.15, 0.2) is 11.4 Å². The molecule has 1 saturated heterocycles. The fourth-order valence-corrected chi connectivity index (χ4v) is 6.93. The predicted octanol–water partition coefficient (Wildman–Crippen LogP) is 5.31. The van der Waals surface area contributed by atoms with E-state index >= 15 is 0 Å². The number of nitrogens with one attached hydrogen (secondary N) is 1. The van der Waals surface area contributed by atoms with Crippen LogP contribution >= 0.6 is 11.3 Å². The number of aliphatic hydroxyl groups excluding tert-OH is 1. The van der Waals surface area contributed by atoms with Crippen LogP contribution < -0.4 is 14.6 Å². The highest BCUT2D eigenvalue weighted by Crippen LogP contribution is 2.52.